The molecule has 7 nitrogen and oxygen atoms in total. The molecular weight excluding hydrogens is 254 g/mol. The number of rotatable bonds is 6. The molecule has 0 atom stereocenters. The molecule has 0 saturated carbocycles. The first-order valence-corrected chi connectivity index (χ1v) is 5.48. The van der Waals surface area contributed by atoms with Crippen LogP contribution in [0.25, 0.3) is 0 Å². The van der Waals surface area contributed by atoms with Gasteiger partial charge in [-0.3, -0.25) is 9.59 Å². The highest BCUT2D eigenvalue weighted by Crippen LogP contribution is 2.29. The van der Waals surface area contributed by atoms with Gasteiger partial charge in [0.2, 0.25) is 0 Å². The number of ether oxygens (including phenoxy) is 1. The molecule has 0 radical (unpaired) electrons. The van der Waals surface area contributed by atoms with Crippen LogP contribution in [-0.2, 0) is 9.53 Å². The monoisotopic (exact) mass is 269 g/mol. The summed E-state index contributed by atoms with van der Waals surface area (Å²) in [7, 11) is 1.43. The average Bonchev–Trinajstić information content (AvgIpc) is 2.36. The van der Waals surface area contributed by atoms with Crippen LogP contribution in [0.4, 0.5) is 0 Å². The molecule has 3 N–H and O–H groups in total. The number of aliphatic carboxylic acids is 1. The fourth-order valence-corrected chi connectivity index (χ4v) is 1.49. The third-order valence-corrected chi connectivity index (χ3v) is 2.42. The minimum absolute atomic E-state index is 0.0662. The van der Waals surface area contributed by atoms with Gasteiger partial charge in [-0.15, -0.1) is 0 Å². The van der Waals surface area contributed by atoms with Crippen molar-refractivity contribution in [2.75, 3.05) is 26.8 Å². The van der Waals surface area contributed by atoms with Crippen molar-refractivity contribution in [3.63, 3.8) is 0 Å². The van der Waals surface area contributed by atoms with Gasteiger partial charge in [0.15, 0.2) is 11.5 Å². The summed E-state index contributed by atoms with van der Waals surface area (Å²) < 4.78 is 4.80. The first-order valence-electron chi connectivity index (χ1n) is 5.48. The molecular formula is C12H15NO6. The lowest BCUT2D eigenvalue weighted by atomic mass is 10.1. The van der Waals surface area contributed by atoms with Crippen LogP contribution >= 0.6 is 0 Å². The predicted octanol–water partition coefficient (Wildman–Crippen LogP) is 0.271. The summed E-state index contributed by atoms with van der Waals surface area (Å²) in [6.07, 6.45) is 0. The molecule has 1 rings (SSSR count). The Labute approximate surface area is 109 Å². The highest BCUT2D eigenvalue weighted by Gasteiger charge is 2.22. The average molecular weight is 269 g/mol. The number of hydrogen-bond donors (Lipinski definition) is 3. The zero-order valence-corrected chi connectivity index (χ0v) is 10.4. The summed E-state index contributed by atoms with van der Waals surface area (Å²) in [6, 6.07) is 3.92. The molecule has 1 aromatic rings. The van der Waals surface area contributed by atoms with E-state index in [9.17, 15) is 19.8 Å². The van der Waals surface area contributed by atoms with Gasteiger partial charge in [0, 0.05) is 13.7 Å². The Morgan fingerprint density at radius 3 is 2.58 bits per heavy atom. The van der Waals surface area contributed by atoms with E-state index >= 15 is 0 Å². The van der Waals surface area contributed by atoms with E-state index in [1.54, 1.807) is 0 Å². The fourth-order valence-electron chi connectivity index (χ4n) is 1.49. The van der Waals surface area contributed by atoms with Crippen LogP contribution in [-0.4, -0.2) is 58.9 Å². The Morgan fingerprint density at radius 1 is 1.32 bits per heavy atom. The molecule has 7 heteroatoms. The molecule has 0 fully saturated rings. The lowest BCUT2D eigenvalue weighted by Gasteiger charge is -2.20. The number of amides is 1. The van der Waals surface area contributed by atoms with Crippen molar-refractivity contribution in [1.29, 1.82) is 0 Å². The van der Waals surface area contributed by atoms with Gasteiger partial charge >= 0.3 is 5.97 Å². The van der Waals surface area contributed by atoms with Crippen LogP contribution in [0, 0.1) is 0 Å². The maximum atomic E-state index is 12.1. The summed E-state index contributed by atoms with van der Waals surface area (Å²) in [5, 5.41) is 27.7. The molecule has 0 heterocycles. The van der Waals surface area contributed by atoms with Gasteiger partial charge in [-0.1, -0.05) is 6.07 Å². The van der Waals surface area contributed by atoms with E-state index < -0.39 is 29.9 Å². The van der Waals surface area contributed by atoms with Gasteiger partial charge in [-0.05, 0) is 12.1 Å². The minimum Gasteiger partial charge on any atom is -0.504 e. The van der Waals surface area contributed by atoms with Crippen LogP contribution in [0.5, 0.6) is 11.5 Å². The van der Waals surface area contributed by atoms with E-state index in [2.05, 4.69) is 0 Å². The third kappa shape index (κ3) is 3.85. The second-order valence-electron chi connectivity index (χ2n) is 3.79. The van der Waals surface area contributed by atoms with Crippen LogP contribution in [0.1, 0.15) is 10.4 Å². The van der Waals surface area contributed by atoms with Crippen molar-refractivity contribution >= 4 is 11.9 Å². The first kappa shape index (κ1) is 14.8. The molecule has 0 aliphatic rings. The molecule has 1 aromatic carbocycles. The molecule has 19 heavy (non-hydrogen) atoms. The predicted molar refractivity (Wildman–Crippen MR) is 65.2 cm³/mol. The SMILES string of the molecule is COCCN(CC(=O)O)C(=O)c1cccc(O)c1O. The number of para-hydroxylation sites is 1. The first-order chi connectivity index (χ1) is 8.97. The highest BCUT2D eigenvalue weighted by atomic mass is 16.5. The van der Waals surface area contributed by atoms with Gasteiger partial charge in [0.05, 0.1) is 12.2 Å². The van der Waals surface area contributed by atoms with E-state index in [1.807, 2.05) is 0 Å². The number of carboxylic acids is 1. The van der Waals surface area contributed by atoms with E-state index in [0.29, 0.717) is 0 Å². The van der Waals surface area contributed by atoms with Gasteiger partial charge in [0.25, 0.3) is 5.91 Å². The fraction of sp³-hybridized carbons (Fsp3) is 0.333. The Bertz CT molecular complexity index is 473. The zero-order chi connectivity index (χ0) is 14.4. The van der Waals surface area contributed by atoms with Crippen molar-refractivity contribution in [3.8, 4) is 11.5 Å². The van der Waals surface area contributed by atoms with Gasteiger partial charge in [-0.25, -0.2) is 0 Å². The number of carbonyl (C=O) groups is 2. The molecule has 0 aliphatic heterocycles. The number of phenolic OH excluding ortho intramolecular Hbond substituents is 2. The third-order valence-electron chi connectivity index (χ3n) is 2.42. The Morgan fingerprint density at radius 2 is 2.00 bits per heavy atom. The van der Waals surface area contributed by atoms with Crippen molar-refractivity contribution in [2.45, 2.75) is 0 Å². The molecule has 0 aliphatic carbocycles. The van der Waals surface area contributed by atoms with Gasteiger partial charge < -0.3 is 25.0 Å². The number of carboxylic acid groups (broad SMARTS) is 1. The topological polar surface area (TPSA) is 107 Å². The molecule has 0 unspecified atom stereocenters. The van der Waals surface area contributed by atoms with Crippen molar-refractivity contribution in [2.24, 2.45) is 0 Å². The quantitative estimate of drug-likeness (QED) is 0.640. The minimum atomic E-state index is -1.18. The summed E-state index contributed by atoms with van der Waals surface area (Å²) in [5.41, 5.74) is -0.155. The summed E-state index contributed by atoms with van der Waals surface area (Å²) in [6.45, 7) is -0.285. The summed E-state index contributed by atoms with van der Waals surface area (Å²) >= 11 is 0. The second kappa shape index (κ2) is 6.60. The standard InChI is InChI=1S/C12H15NO6/c1-19-6-5-13(7-10(15)16)12(18)8-3-2-4-9(14)11(8)17/h2-4,14,17H,5-7H2,1H3,(H,15,16). The maximum absolute atomic E-state index is 12.1. The van der Waals surface area contributed by atoms with E-state index in [4.69, 9.17) is 9.84 Å². The number of nitrogens with zero attached hydrogens (tertiary/aromatic N) is 1. The van der Waals surface area contributed by atoms with E-state index in [1.165, 1.54) is 25.3 Å². The van der Waals surface area contributed by atoms with Gasteiger partial charge in [-0.2, -0.15) is 0 Å². The summed E-state index contributed by atoms with van der Waals surface area (Å²) in [5.74, 6) is -2.87. The lowest BCUT2D eigenvalue weighted by molar-refractivity contribution is -0.137. The number of hydrogen-bond acceptors (Lipinski definition) is 5. The normalized spacial score (nSPS) is 10.2. The smallest absolute Gasteiger partial charge is 0.323 e. The number of benzene rings is 1. The van der Waals surface area contributed by atoms with Crippen LogP contribution in [0.15, 0.2) is 18.2 Å². The van der Waals surface area contributed by atoms with E-state index in [-0.39, 0.29) is 18.7 Å². The Kier molecular flexibility index (Phi) is 5.13. The largest absolute Gasteiger partial charge is 0.504 e. The van der Waals surface area contributed by atoms with Crippen molar-refractivity contribution in [1.82, 2.24) is 4.90 Å². The van der Waals surface area contributed by atoms with Crippen molar-refractivity contribution in [3.05, 3.63) is 23.8 Å². The highest BCUT2D eigenvalue weighted by molar-refractivity contribution is 5.98. The van der Waals surface area contributed by atoms with Crippen LogP contribution in [0.2, 0.25) is 0 Å². The molecule has 0 spiro atoms. The number of phenols is 2. The molecule has 1 amide bonds. The van der Waals surface area contributed by atoms with Crippen molar-refractivity contribution < 1.29 is 29.6 Å². The summed E-state index contributed by atoms with van der Waals surface area (Å²) in [4.78, 5) is 23.8. The van der Waals surface area contributed by atoms with Crippen LogP contribution < -0.4 is 0 Å². The Balaban J connectivity index is 2.97. The molecule has 104 valence electrons. The number of methoxy groups -OCH3 is 1. The molecule has 0 bridgehead atoms. The van der Waals surface area contributed by atoms with Crippen LogP contribution in [0.3, 0.4) is 0 Å². The molecule has 0 saturated heterocycles. The molecule has 0 aromatic heterocycles. The second-order valence-corrected chi connectivity index (χ2v) is 3.79. The lowest BCUT2D eigenvalue weighted by Crippen LogP contribution is -2.38. The van der Waals surface area contributed by atoms with E-state index in [0.717, 1.165) is 4.90 Å². The zero-order valence-electron chi connectivity index (χ0n) is 10.4. The van der Waals surface area contributed by atoms with Gasteiger partial charge in [0.1, 0.15) is 6.54 Å². The number of carbonyl (C=O) groups excluding carboxylic acids is 1. The number of aromatic hydroxyl groups is 2. The maximum Gasteiger partial charge on any atom is 0.323 e. The Hall–Kier alpha value is -2.28.